The van der Waals surface area contributed by atoms with E-state index in [-0.39, 0.29) is 0 Å². The number of hydrogen-bond donors (Lipinski definition) is 2. The van der Waals surface area contributed by atoms with E-state index in [0.29, 0.717) is 11.7 Å². The van der Waals surface area contributed by atoms with E-state index >= 15 is 0 Å². The van der Waals surface area contributed by atoms with Gasteiger partial charge in [0.1, 0.15) is 0 Å². The van der Waals surface area contributed by atoms with Crippen LogP contribution >= 0.6 is 23.8 Å². The fourth-order valence-electron chi connectivity index (χ4n) is 1.84. The van der Waals surface area contributed by atoms with Gasteiger partial charge in [0.15, 0.2) is 5.11 Å². The molecule has 0 heterocycles. The average molecular weight is 305 g/mol. The van der Waals surface area contributed by atoms with Crippen LogP contribution in [-0.2, 0) is 6.54 Å². The lowest BCUT2D eigenvalue weighted by Crippen LogP contribution is -2.28. The molecule has 0 aliphatic heterocycles. The van der Waals surface area contributed by atoms with Gasteiger partial charge in [0.25, 0.3) is 0 Å². The van der Waals surface area contributed by atoms with E-state index in [1.807, 2.05) is 36.4 Å². The normalized spacial score (nSPS) is 10.2. The fraction of sp³-hybridized carbons (Fsp3) is 0.188. The molecule has 0 atom stereocenters. The Morgan fingerprint density at radius 3 is 2.50 bits per heavy atom. The van der Waals surface area contributed by atoms with Crippen molar-refractivity contribution in [2.24, 2.45) is 0 Å². The topological polar surface area (TPSA) is 24.1 Å². The first-order valence-electron chi connectivity index (χ1n) is 6.42. The van der Waals surface area contributed by atoms with E-state index in [0.717, 1.165) is 16.3 Å². The number of halogens is 1. The second kappa shape index (κ2) is 6.73. The maximum Gasteiger partial charge on any atom is 0.171 e. The second-order valence-corrected chi connectivity index (χ2v) is 5.53. The number of hydrogen-bond acceptors (Lipinski definition) is 1. The molecule has 4 heteroatoms. The second-order valence-electron chi connectivity index (χ2n) is 4.68. The zero-order chi connectivity index (χ0) is 14.5. The summed E-state index contributed by atoms with van der Waals surface area (Å²) in [6, 6.07) is 13.8. The standard InChI is InChI=1S/C16H17ClN2S/c1-11-4-3-5-15(12(11)2)19-16(20)18-10-13-6-8-14(17)9-7-13/h3-9H,10H2,1-2H3,(H2,18,19,20). The molecule has 2 N–H and O–H groups in total. The minimum Gasteiger partial charge on any atom is -0.358 e. The Kier molecular flexibility index (Phi) is 4.99. The SMILES string of the molecule is Cc1cccc(NC(=S)NCc2ccc(Cl)cc2)c1C. The van der Waals surface area contributed by atoms with Crippen molar-refractivity contribution in [2.75, 3.05) is 5.32 Å². The summed E-state index contributed by atoms with van der Waals surface area (Å²) in [6.45, 7) is 4.85. The van der Waals surface area contributed by atoms with Crippen LogP contribution < -0.4 is 10.6 Å². The molecule has 0 aliphatic rings. The van der Waals surface area contributed by atoms with Crippen LogP contribution in [0.3, 0.4) is 0 Å². The number of anilines is 1. The highest BCUT2D eigenvalue weighted by Gasteiger charge is 2.02. The molecular formula is C16H17ClN2S. The van der Waals surface area contributed by atoms with Crippen LogP contribution in [-0.4, -0.2) is 5.11 Å². The Morgan fingerprint density at radius 1 is 1.10 bits per heavy atom. The summed E-state index contributed by atoms with van der Waals surface area (Å²) < 4.78 is 0. The summed E-state index contributed by atoms with van der Waals surface area (Å²) in [7, 11) is 0. The van der Waals surface area contributed by atoms with Gasteiger partial charge in [0, 0.05) is 17.3 Å². The van der Waals surface area contributed by atoms with E-state index < -0.39 is 0 Å². The van der Waals surface area contributed by atoms with E-state index in [1.165, 1.54) is 11.1 Å². The molecule has 0 radical (unpaired) electrons. The molecular weight excluding hydrogens is 288 g/mol. The Labute approximate surface area is 130 Å². The Bertz CT molecular complexity index is 608. The summed E-state index contributed by atoms with van der Waals surface area (Å²) in [5.41, 5.74) is 4.64. The van der Waals surface area contributed by atoms with Gasteiger partial charge in [-0.25, -0.2) is 0 Å². The maximum absolute atomic E-state index is 5.86. The molecule has 104 valence electrons. The van der Waals surface area contributed by atoms with Gasteiger partial charge in [-0.05, 0) is 61.0 Å². The highest BCUT2D eigenvalue weighted by molar-refractivity contribution is 7.80. The smallest absolute Gasteiger partial charge is 0.171 e. The molecule has 2 nitrogen and oxygen atoms in total. The first kappa shape index (κ1) is 14.8. The van der Waals surface area contributed by atoms with Gasteiger partial charge in [-0.15, -0.1) is 0 Å². The molecule has 0 spiro atoms. The number of thiocarbonyl (C=S) groups is 1. The highest BCUT2D eigenvalue weighted by Crippen LogP contribution is 2.17. The lowest BCUT2D eigenvalue weighted by Gasteiger charge is -2.13. The minimum atomic E-state index is 0.619. The number of rotatable bonds is 3. The molecule has 20 heavy (non-hydrogen) atoms. The van der Waals surface area contributed by atoms with Crippen LogP contribution in [0, 0.1) is 13.8 Å². The largest absolute Gasteiger partial charge is 0.358 e. The zero-order valence-corrected chi connectivity index (χ0v) is 13.1. The molecule has 0 saturated heterocycles. The third-order valence-corrected chi connectivity index (χ3v) is 3.72. The molecule has 2 aromatic carbocycles. The van der Waals surface area contributed by atoms with Crippen LogP contribution in [0.2, 0.25) is 5.02 Å². The number of benzene rings is 2. The van der Waals surface area contributed by atoms with Crippen LogP contribution in [0.4, 0.5) is 5.69 Å². The molecule has 2 aromatic rings. The quantitative estimate of drug-likeness (QED) is 0.820. The first-order valence-corrected chi connectivity index (χ1v) is 7.20. The van der Waals surface area contributed by atoms with Crippen molar-refractivity contribution in [1.29, 1.82) is 0 Å². The predicted molar refractivity (Wildman–Crippen MR) is 90.4 cm³/mol. The Balaban J connectivity index is 1.92. The summed E-state index contributed by atoms with van der Waals surface area (Å²) >= 11 is 11.2. The highest BCUT2D eigenvalue weighted by atomic mass is 35.5. The molecule has 0 bridgehead atoms. The summed E-state index contributed by atoms with van der Waals surface area (Å²) in [5, 5.41) is 7.78. The molecule has 0 amide bonds. The maximum atomic E-state index is 5.86. The van der Waals surface area contributed by atoms with Gasteiger partial charge < -0.3 is 10.6 Å². The van der Waals surface area contributed by atoms with Crippen molar-refractivity contribution in [1.82, 2.24) is 5.32 Å². The van der Waals surface area contributed by atoms with Gasteiger partial charge in [0.2, 0.25) is 0 Å². The van der Waals surface area contributed by atoms with Crippen molar-refractivity contribution in [3.05, 3.63) is 64.2 Å². The molecule has 2 rings (SSSR count). The molecule has 0 saturated carbocycles. The Hall–Kier alpha value is -1.58. The van der Waals surface area contributed by atoms with Crippen molar-refractivity contribution in [3.63, 3.8) is 0 Å². The molecule has 0 fully saturated rings. The lowest BCUT2D eigenvalue weighted by atomic mass is 10.1. The predicted octanol–water partition coefficient (Wildman–Crippen LogP) is 4.44. The first-order chi connectivity index (χ1) is 9.56. The van der Waals surface area contributed by atoms with Gasteiger partial charge in [-0.3, -0.25) is 0 Å². The van der Waals surface area contributed by atoms with Crippen LogP contribution in [0.1, 0.15) is 16.7 Å². The third-order valence-electron chi connectivity index (χ3n) is 3.22. The number of aryl methyl sites for hydroxylation is 1. The van der Waals surface area contributed by atoms with E-state index in [1.54, 1.807) is 0 Å². The van der Waals surface area contributed by atoms with Gasteiger partial charge >= 0.3 is 0 Å². The molecule has 0 aromatic heterocycles. The minimum absolute atomic E-state index is 0.619. The van der Waals surface area contributed by atoms with Crippen molar-refractivity contribution in [3.8, 4) is 0 Å². The van der Waals surface area contributed by atoms with Crippen molar-refractivity contribution < 1.29 is 0 Å². The van der Waals surface area contributed by atoms with Crippen LogP contribution in [0.15, 0.2) is 42.5 Å². The third kappa shape index (κ3) is 3.95. The molecule has 0 aliphatic carbocycles. The fourth-order valence-corrected chi connectivity index (χ4v) is 2.15. The van der Waals surface area contributed by atoms with Crippen LogP contribution in [0.5, 0.6) is 0 Å². The molecule has 0 unspecified atom stereocenters. The lowest BCUT2D eigenvalue weighted by molar-refractivity contribution is 0.925. The zero-order valence-electron chi connectivity index (χ0n) is 11.5. The monoisotopic (exact) mass is 304 g/mol. The van der Waals surface area contributed by atoms with Crippen molar-refractivity contribution >= 4 is 34.6 Å². The summed E-state index contributed by atoms with van der Waals surface area (Å²) in [6.07, 6.45) is 0. The van der Waals surface area contributed by atoms with E-state index in [9.17, 15) is 0 Å². The van der Waals surface area contributed by atoms with E-state index in [2.05, 4.69) is 30.5 Å². The van der Waals surface area contributed by atoms with Gasteiger partial charge in [-0.2, -0.15) is 0 Å². The van der Waals surface area contributed by atoms with Crippen molar-refractivity contribution in [2.45, 2.75) is 20.4 Å². The number of nitrogens with one attached hydrogen (secondary N) is 2. The van der Waals surface area contributed by atoms with E-state index in [4.69, 9.17) is 23.8 Å². The average Bonchev–Trinajstić information content (AvgIpc) is 2.43. The van der Waals surface area contributed by atoms with Gasteiger partial charge in [-0.1, -0.05) is 35.9 Å². The van der Waals surface area contributed by atoms with Crippen LogP contribution in [0.25, 0.3) is 0 Å². The summed E-state index contributed by atoms with van der Waals surface area (Å²) in [5.74, 6) is 0. The summed E-state index contributed by atoms with van der Waals surface area (Å²) in [4.78, 5) is 0. The van der Waals surface area contributed by atoms with Gasteiger partial charge in [0.05, 0.1) is 0 Å². The Morgan fingerprint density at radius 2 is 1.80 bits per heavy atom.